The lowest BCUT2D eigenvalue weighted by Gasteiger charge is -2.19. The van der Waals surface area contributed by atoms with E-state index in [9.17, 15) is 4.79 Å². The lowest BCUT2D eigenvalue weighted by Crippen LogP contribution is -2.23. The second kappa shape index (κ2) is 7.08. The minimum Gasteiger partial charge on any atom is -0.276 e. The van der Waals surface area contributed by atoms with Crippen molar-refractivity contribution >= 4 is 0 Å². The Hall–Kier alpha value is -3.39. The van der Waals surface area contributed by atoms with Crippen LogP contribution in [0.3, 0.4) is 0 Å². The fourth-order valence-corrected chi connectivity index (χ4v) is 3.40. The maximum atomic E-state index is 13.2. The smallest absolute Gasteiger partial charge is 0.258 e. The fourth-order valence-electron chi connectivity index (χ4n) is 3.40. The summed E-state index contributed by atoms with van der Waals surface area (Å²) in [4.78, 5) is 13.2. The van der Waals surface area contributed by atoms with Gasteiger partial charge in [0.2, 0.25) is 0 Å². The van der Waals surface area contributed by atoms with Crippen LogP contribution in [0, 0.1) is 13.8 Å². The van der Waals surface area contributed by atoms with Gasteiger partial charge in [0.15, 0.2) is 0 Å². The van der Waals surface area contributed by atoms with Gasteiger partial charge in [-0.1, -0.05) is 78.4 Å². The van der Waals surface area contributed by atoms with Crippen LogP contribution >= 0.6 is 0 Å². The molecule has 0 bridgehead atoms. The van der Waals surface area contributed by atoms with Gasteiger partial charge in [0.1, 0.15) is 0 Å². The van der Waals surface area contributed by atoms with Gasteiger partial charge in [-0.15, -0.1) is 0 Å². The molecule has 1 aromatic heterocycles. The SMILES string of the molecule is Cc1ccc(-n2c(-c3ccccc3)c(-c3ccccc3)cc(C)c2=O)cc1. The van der Waals surface area contributed by atoms with Crippen molar-refractivity contribution in [2.24, 2.45) is 0 Å². The van der Waals surface area contributed by atoms with E-state index in [-0.39, 0.29) is 5.56 Å². The van der Waals surface area contributed by atoms with E-state index in [1.165, 1.54) is 5.56 Å². The van der Waals surface area contributed by atoms with Crippen LogP contribution in [0.25, 0.3) is 28.1 Å². The van der Waals surface area contributed by atoms with Gasteiger partial charge in [-0.3, -0.25) is 9.36 Å². The molecule has 0 fully saturated rings. The largest absolute Gasteiger partial charge is 0.276 e. The summed E-state index contributed by atoms with van der Waals surface area (Å²) in [5.74, 6) is 0. The number of benzene rings is 3. The Bertz CT molecular complexity index is 1120. The molecule has 0 saturated heterocycles. The predicted octanol–water partition coefficient (Wildman–Crippen LogP) is 5.79. The molecule has 0 atom stereocenters. The molecule has 0 aliphatic heterocycles. The standard InChI is InChI=1S/C25H21NO/c1-18-13-15-22(16-14-18)26-24(21-11-7-4-8-12-21)23(17-19(2)25(26)27)20-9-5-3-6-10-20/h3-17H,1-2H3. The summed E-state index contributed by atoms with van der Waals surface area (Å²) in [6, 6.07) is 30.5. The second-order valence-electron chi connectivity index (χ2n) is 6.80. The molecule has 0 aliphatic carbocycles. The van der Waals surface area contributed by atoms with Crippen LogP contribution in [0.15, 0.2) is 95.8 Å². The Balaban J connectivity index is 2.12. The van der Waals surface area contributed by atoms with Crippen molar-refractivity contribution in [3.05, 3.63) is 112 Å². The number of aromatic nitrogens is 1. The average molecular weight is 351 g/mol. The molecule has 0 amide bonds. The predicted molar refractivity (Wildman–Crippen MR) is 112 cm³/mol. The maximum Gasteiger partial charge on any atom is 0.258 e. The monoisotopic (exact) mass is 351 g/mol. The average Bonchev–Trinajstić information content (AvgIpc) is 2.72. The van der Waals surface area contributed by atoms with Crippen LogP contribution in [0.4, 0.5) is 0 Å². The van der Waals surface area contributed by atoms with Crippen molar-refractivity contribution in [2.45, 2.75) is 13.8 Å². The van der Waals surface area contributed by atoms with E-state index in [1.54, 1.807) is 0 Å². The maximum absolute atomic E-state index is 13.2. The van der Waals surface area contributed by atoms with Gasteiger partial charge in [0, 0.05) is 16.8 Å². The quantitative estimate of drug-likeness (QED) is 0.458. The first kappa shape index (κ1) is 17.0. The van der Waals surface area contributed by atoms with E-state index in [2.05, 4.69) is 31.2 Å². The molecular formula is C25H21NO. The zero-order chi connectivity index (χ0) is 18.8. The van der Waals surface area contributed by atoms with E-state index < -0.39 is 0 Å². The van der Waals surface area contributed by atoms with E-state index in [1.807, 2.05) is 78.2 Å². The Morgan fingerprint density at radius 3 is 1.81 bits per heavy atom. The first-order valence-electron chi connectivity index (χ1n) is 9.10. The minimum absolute atomic E-state index is 0.0115. The van der Waals surface area contributed by atoms with Crippen molar-refractivity contribution in [1.82, 2.24) is 4.57 Å². The highest BCUT2D eigenvalue weighted by molar-refractivity contribution is 5.82. The van der Waals surface area contributed by atoms with Gasteiger partial charge >= 0.3 is 0 Å². The zero-order valence-electron chi connectivity index (χ0n) is 15.5. The summed E-state index contributed by atoms with van der Waals surface area (Å²) in [5.41, 5.74) is 6.89. The summed E-state index contributed by atoms with van der Waals surface area (Å²) in [6.45, 7) is 3.94. The number of rotatable bonds is 3. The fraction of sp³-hybridized carbons (Fsp3) is 0.0800. The zero-order valence-corrected chi connectivity index (χ0v) is 15.5. The van der Waals surface area contributed by atoms with Crippen molar-refractivity contribution in [3.63, 3.8) is 0 Å². The molecule has 0 radical (unpaired) electrons. The Kier molecular flexibility index (Phi) is 4.47. The highest BCUT2D eigenvalue weighted by atomic mass is 16.1. The molecule has 0 aliphatic rings. The molecule has 0 unspecified atom stereocenters. The van der Waals surface area contributed by atoms with Gasteiger partial charge in [-0.2, -0.15) is 0 Å². The van der Waals surface area contributed by atoms with E-state index >= 15 is 0 Å². The van der Waals surface area contributed by atoms with Gasteiger partial charge in [-0.25, -0.2) is 0 Å². The number of nitrogens with zero attached hydrogens (tertiary/aromatic N) is 1. The van der Waals surface area contributed by atoms with Crippen molar-refractivity contribution in [2.75, 3.05) is 0 Å². The minimum atomic E-state index is 0.0115. The van der Waals surface area contributed by atoms with Gasteiger partial charge in [-0.05, 0) is 43.2 Å². The Labute approximate surface area is 159 Å². The number of aryl methyl sites for hydroxylation is 2. The first-order valence-corrected chi connectivity index (χ1v) is 9.10. The van der Waals surface area contributed by atoms with Crippen LogP contribution in [0.2, 0.25) is 0 Å². The van der Waals surface area contributed by atoms with E-state index in [0.717, 1.165) is 33.6 Å². The topological polar surface area (TPSA) is 22.0 Å². The summed E-state index contributed by atoms with van der Waals surface area (Å²) in [6.07, 6.45) is 0. The lowest BCUT2D eigenvalue weighted by atomic mass is 9.97. The first-order chi connectivity index (χ1) is 13.1. The molecule has 4 rings (SSSR count). The van der Waals surface area contributed by atoms with Gasteiger partial charge in [0.05, 0.1) is 5.69 Å². The molecule has 1 heterocycles. The number of hydrogen-bond donors (Lipinski definition) is 0. The van der Waals surface area contributed by atoms with Crippen molar-refractivity contribution in [1.29, 1.82) is 0 Å². The van der Waals surface area contributed by atoms with Crippen molar-refractivity contribution in [3.8, 4) is 28.1 Å². The highest BCUT2D eigenvalue weighted by Crippen LogP contribution is 2.33. The highest BCUT2D eigenvalue weighted by Gasteiger charge is 2.17. The van der Waals surface area contributed by atoms with E-state index in [4.69, 9.17) is 0 Å². The molecule has 0 spiro atoms. The summed E-state index contributed by atoms with van der Waals surface area (Å²) < 4.78 is 1.84. The lowest BCUT2D eigenvalue weighted by molar-refractivity contribution is 0.980. The molecule has 0 N–H and O–H groups in total. The molecule has 132 valence electrons. The number of pyridine rings is 1. The summed E-state index contributed by atoms with van der Waals surface area (Å²) in [7, 11) is 0. The normalized spacial score (nSPS) is 10.7. The summed E-state index contributed by atoms with van der Waals surface area (Å²) >= 11 is 0. The molecular weight excluding hydrogens is 330 g/mol. The summed E-state index contributed by atoms with van der Waals surface area (Å²) in [5, 5.41) is 0. The Morgan fingerprint density at radius 2 is 1.22 bits per heavy atom. The van der Waals surface area contributed by atoms with Crippen LogP contribution in [-0.4, -0.2) is 4.57 Å². The second-order valence-corrected chi connectivity index (χ2v) is 6.80. The van der Waals surface area contributed by atoms with E-state index in [0.29, 0.717) is 0 Å². The van der Waals surface area contributed by atoms with Gasteiger partial charge < -0.3 is 0 Å². The molecule has 2 heteroatoms. The third-order valence-corrected chi connectivity index (χ3v) is 4.80. The van der Waals surface area contributed by atoms with Crippen LogP contribution in [0.5, 0.6) is 0 Å². The third-order valence-electron chi connectivity index (χ3n) is 4.80. The molecule has 3 aromatic carbocycles. The van der Waals surface area contributed by atoms with Crippen molar-refractivity contribution < 1.29 is 0 Å². The molecule has 0 saturated carbocycles. The molecule has 4 aromatic rings. The van der Waals surface area contributed by atoms with Crippen LogP contribution in [-0.2, 0) is 0 Å². The molecule has 27 heavy (non-hydrogen) atoms. The van der Waals surface area contributed by atoms with Crippen LogP contribution < -0.4 is 5.56 Å². The molecule has 2 nitrogen and oxygen atoms in total. The number of hydrogen-bond acceptors (Lipinski definition) is 1. The van der Waals surface area contributed by atoms with Crippen LogP contribution in [0.1, 0.15) is 11.1 Å². The van der Waals surface area contributed by atoms with Gasteiger partial charge in [0.25, 0.3) is 5.56 Å². The third kappa shape index (κ3) is 3.22. The Morgan fingerprint density at radius 1 is 0.667 bits per heavy atom.